The minimum Gasteiger partial charge on any atom is -0.381 e. The van der Waals surface area contributed by atoms with Gasteiger partial charge in [-0.05, 0) is 30.4 Å². The summed E-state index contributed by atoms with van der Waals surface area (Å²) in [5.74, 6) is 0. The number of fused-ring (bicyclic) bond motifs is 1. The van der Waals surface area contributed by atoms with Crippen LogP contribution in [0.3, 0.4) is 0 Å². The van der Waals surface area contributed by atoms with Crippen molar-refractivity contribution in [3.05, 3.63) is 35.4 Å². The molecule has 2 rings (SSSR count). The smallest absolute Gasteiger partial charge is 0.0478 e. The Morgan fingerprint density at radius 3 is 2.29 bits per heavy atom. The summed E-state index contributed by atoms with van der Waals surface area (Å²) in [6, 6.07) is 8.88. The predicted octanol–water partition coefficient (Wildman–Crippen LogP) is 5.59. The molecule has 1 aliphatic heterocycles. The first-order chi connectivity index (χ1) is 11.9. The van der Waals surface area contributed by atoms with Crippen molar-refractivity contribution < 1.29 is 4.74 Å². The van der Waals surface area contributed by atoms with Crippen LogP contribution in [0, 0.1) is 0 Å². The van der Waals surface area contributed by atoms with Crippen molar-refractivity contribution in [2.45, 2.75) is 77.7 Å². The Hall–Kier alpha value is -0.860. The maximum Gasteiger partial charge on any atom is 0.0478 e. The number of benzene rings is 1. The highest BCUT2D eigenvalue weighted by Gasteiger charge is 2.14. The maximum atomic E-state index is 5.81. The first kappa shape index (κ1) is 19.5. The van der Waals surface area contributed by atoms with E-state index in [9.17, 15) is 0 Å². The SMILES string of the molecule is CCCCCCCCCCOCCCN1CCc2ccccc2C1. The van der Waals surface area contributed by atoms with E-state index >= 15 is 0 Å². The molecule has 0 saturated heterocycles. The molecule has 0 atom stereocenters. The summed E-state index contributed by atoms with van der Waals surface area (Å²) >= 11 is 0. The second kappa shape index (κ2) is 12.5. The molecule has 0 unspecified atom stereocenters. The van der Waals surface area contributed by atoms with Crippen molar-refractivity contribution in [2.24, 2.45) is 0 Å². The van der Waals surface area contributed by atoms with Crippen LogP contribution in [0.4, 0.5) is 0 Å². The van der Waals surface area contributed by atoms with Crippen LogP contribution in [0.15, 0.2) is 24.3 Å². The van der Waals surface area contributed by atoms with E-state index in [1.54, 1.807) is 5.56 Å². The molecule has 1 heterocycles. The minimum absolute atomic E-state index is 0.925. The fourth-order valence-electron chi connectivity index (χ4n) is 3.58. The highest BCUT2D eigenvalue weighted by atomic mass is 16.5. The first-order valence-electron chi connectivity index (χ1n) is 10.3. The van der Waals surface area contributed by atoms with Crippen molar-refractivity contribution in [1.29, 1.82) is 0 Å². The summed E-state index contributed by atoms with van der Waals surface area (Å²) < 4.78 is 5.81. The molecule has 0 spiro atoms. The zero-order chi connectivity index (χ0) is 16.9. The highest BCUT2D eigenvalue weighted by Crippen LogP contribution is 2.18. The van der Waals surface area contributed by atoms with Crippen LogP contribution in [0.1, 0.15) is 75.8 Å². The third-order valence-electron chi connectivity index (χ3n) is 5.11. The van der Waals surface area contributed by atoms with Gasteiger partial charge in [0.1, 0.15) is 0 Å². The van der Waals surface area contributed by atoms with Gasteiger partial charge in [0.25, 0.3) is 0 Å². The Labute approximate surface area is 149 Å². The summed E-state index contributed by atoms with van der Waals surface area (Å²) in [7, 11) is 0. The molecule has 2 heteroatoms. The Balaban J connectivity index is 1.39. The van der Waals surface area contributed by atoms with E-state index in [1.807, 2.05) is 0 Å². The van der Waals surface area contributed by atoms with Crippen molar-refractivity contribution in [2.75, 3.05) is 26.3 Å². The number of unbranched alkanes of at least 4 members (excludes halogenated alkanes) is 7. The van der Waals surface area contributed by atoms with Crippen LogP contribution in [0.25, 0.3) is 0 Å². The molecule has 0 bridgehead atoms. The zero-order valence-electron chi connectivity index (χ0n) is 15.8. The van der Waals surface area contributed by atoms with E-state index < -0.39 is 0 Å². The summed E-state index contributed by atoms with van der Waals surface area (Å²) in [5.41, 5.74) is 3.06. The Morgan fingerprint density at radius 2 is 1.50 bits per heavy atom. The number of rotatable bonds is 13. The molecule has 0 N–H and O–H groups in total. The van der Waals surface area contributed by atoms with Crippen LogP contribution in [-0.2, 0) is 17.7 Å². The summed E-state index contributed by atoms with van der Waals surface area (Å²) in [4.78, 5) is 2.57. The zero-order valence-corrected chi connectivity index (χ0v) is 15.8. The van der Waals surface area contributed by atoms with Crippen molar-refractivity contribution in [1.82, 2.24) is 4.90 Å². The van der Waals surface area contributed by atoms with E-state index in [-0.39, 0.29) is 0 Å². The third-order valence-corrected chi connectivity index (χ3v) is 5.11. The minimum atomic E-state index is 0.925. The monoisotopic (exact) mass is 331 g/mol. The largest absolute Gasteiger partial charge is 0.381 e. The van der Waals surface area contributed by atoms with Gasteiger partial charge in [-0.1, -0.05) is 76.1 Å². The molecule has 24 heavy (non-hydrogen) atoms. The molecule has 0 fully saturated rings. The molecule has 1 aromatic rings. The number of nitrogens with zero attached hydrogens (tertiary/aromatic N) is 1. The van der Waals surface area contributed by atoms with E-state index in [1.165, 1.54) is 82.9 Å². The molecule has 0 saturated carbocycles. The molecule has 0 aliphatic carbocycles. The van der Waals surface area contributed by atoms with E-state index in [2.05, 4.69) is 36.1 Å². The quantitative estimate of drug-likeness (QED) is 0.437. The summed E-state index contributed by atoms with van der Waals surface area (Å²) in [6.07, 6.45) is 13.4. The van der Waals surface area contributed by atoms with E-state index in [0.717, 1.165) is 19.8 Å². The van der Waals surface area contributed by atoms with Crippen molar-refractivity contribution in [3.8, 4) is 0 Å². The fourth-order valence-corrected chi connectivity index (χ4v) is 3.58. The molecular weight excluding hydrogens is 294 g/mol. The average molecular weight is 332 g/mol. The lowest BCUT2D eigenvalue weighted by Gasteiger charge is -2.28. The number of ether oxygens (including phenoxy) is 1. The van der Waals surface area contributed by atoms with Gasteiger partial charge in [-0.15, -0.1) is 0 Å². The average Bonchev–Trinajstić information content (AvgIpc) is 2.62. The fraction of sp³-hybridized carbons (Fsp3) is 0.727. The lowest BCUT2D eigenvalue weighted by atomic mass is 10.00. The Kier molecular flexibility index (Phi) is 10.1. The van der Waals surface area contributed by atoms with Gasteiger partial charge in [-0.3, -0.25) is 4.90 Å². The van der Waals surface area contributed by atoms with Gasteiger partial charge in [-0.2, -0.15) is 0 Å². The van der Waals surface area contributed by atoms with Gasteiger partial charge in [0, 0.05) is 32.8 Å². The van der Waals surface area contributed by atoms with Gasteiger partial charge in [-0.25, -0.2) is 0 Å². The molecule has 1 aliphatic rings. The second-order valence-corrected chi connectivity index (χ2v) is 7.24. The van der Waals surface area contributed by atoms with Gasteiger partial charge in [0.2, 0.25) is 0 Å². The highest BCUT2D eigenvalue weighted by molar-refractivity contribution is 5.28. The van der Waals surface area contributed by atoms with Crippen LogP contribution in [0.2, 0.25) is 0 Å². The molecule has 1 aromatic carbocycles. The van der Waals surface area contributed by atoms with Crippen LogP contribution < -0.4 is 0 Å². The van der Waals surface area contributed by atoms with Crippen LogP contribution >= 0.6 is 0 Å². The van der Waals surface area contributed by atoms with Crippen molar-refractivity contribution >= 4 is 0 Å². The van der Waals surface area contributed by atoms with Gasteiger partial charge >= 0.3 is 0 Å². The summed E-state index contributed by atoms with van der Waals surface area (Å²) in [5, 5.41) is 0. The van der Waals surface area contributed by atoms with Gasteiger partial charge in [0.15, 0.2) is 0 Å². The van der Waals surface area contributed by atoms with Gasteiger partial charge < -0.3 is 4.74 Å². The van der Waals surface area contributed by atoms with Crippen LogP contribution in [0.5, 0.6) is 0 Å². The number of hydrogen-bond acceptors (Lipinski definition) is 2. The van der Waals surface area contributed by atoms with Gasteiger partial charge in [0.05, 0.1) is 0 Å². The van der Waals surface area contributed by atoms with Crippen molar-refractivity contribution in [3.63, 3.8) is 0 Å². The normalized spacial score (nSPS) is 14.7. The first-order valence-corrected chi connectivity index (χ1v) is 10.3. The molecule has 0 amide bonds. The number of hydrogen-bond donors (Lipinski definition) is 0. The molecular formula is C22H37NO. The second-order valence-electron chi connectivity index (χ2n) is 7.24. The summed E-state index contributed by atoms with van der Waals surface area (Å²) in [6.45, 7) is 7.66. The third kappa shape index (κ3) is 7.81. The lowest BCUT2D eigenvalue weighted by molar-refractivity contribution is 0.115. The maximum absolute atomic E-state index is 5.81. The Bertz CT molecular complexity index is 432. The standard InChI is InChI=1S/C22H37NO/c1-2-3-4-5-6-7-8-11-18-24-19-12-16-23-17-15-21-13-9-10-14-22(21)20-23/h9-10,13-14H,2-8,11-12,15-20H2,1H3. The molecule has 2 nitrogen and oxygen atoms in total. The van der Waals surface area contributed by atoms with E-state index in [0.29, 0.717) is 0 Å². The lowest BCUT2D eigenvalue weighted by Crippen LogP contribution is -2.31. The van der Waals surface area contributed by atoms with Crippen LogP contribution in [-0.4, -0.2) is 31.2 Å². The molecule has 136 valence electrons. The molecule has 0 radical (unpaired) electrons. The molecule has 0 aromatic heterocycles. The topological polar surface area (TPSA) is 12.5 Å². The Morgan fingerprint density at radius 1 is 0.833 bits per heavy atom. The van der Waals surface area contributed by atoms with E-state index in [4.69, 9.17) is 4.74 Å². The predicted molar refractivity (Wildman–Crippen MR) is 103 cm³/mol.